The number of nitro groups is 1. The number of anilines is 1. The number of halogens is 1. The summed E-state index contributed by atoms with van der Waals surface area (Å²) in [6.45, 7) is 0. The van der Waals surface area contributed by atoms with E-state index in [0.717, 1.165) is 24.1 Å². The van der Waals surface area contributed by atoms with Crippen LogP contribution in [-0.4, -0.2) is 27.2 Å². The number of nitro benzene ring substituents is 1. The SMILES string of the molecule is O=C(Nc1cc([N+](=O)[O-])ccc1Cl)N[C@@H]1CCc2[nH]ncc2C1. The Kier molecular flexibility index (Phi) is 4.16. The number of hydrogen-bond acceptors (Lipinski definition) is 4. The summed E-state index contributed by atoms with van der Waals surface area (Å²) in [7, 11) is 0. The van der Waals surface area contributed by atoms with Gasteiger partial charge in [0.05, 0.1) is 21.8 Å². The third-order valence-corrected chi connectivity index (χ3v) is 4.09. The largest absolute Gasteiger partial charge is 0.335 e. The maximum absolute atomic E-state index is 12.1. The van der Waals surface area contributed by atoms with Crippen LogP contribution in [0.15, 0.2) is 24.4 Å². The van der Waals surface area contributed by atoms with Crippen molar-refractivity contribution in [2.24, 2.45) is 0 Å². The predicted molar refractivity (Wildman–Crippen MR) is 84.7 cm³/mol. The van der Waals surface area contributed by atoms with E-state index in [9.17, 15) is 14.9 Å². The minimum atomic E-state index is -0.541. The highest BCUT2D eigenvalue weighted by Crippen LogP contribution is 2.26. The van der Waals surface area contributed by atoms with E-state index in [1.165, 1.54) is 18.2 Å². The topological polar surface area (TPSA) is 113 Å². The number of aromatic nitrogens is 2. The highest BCUT2D eigenvalue weighted by Gasteiger charge is 2.22. The molecule has 3 N–H and O–H groups in total. The number of non-ortho nitro benzene ring substituents is 1. The molecular weight excluding hydrogens is 322 g/mol. The lowest BCUT2D eigenvalue weighted by Crippen LogP contribution is -2.41. The second kappa shape index (κ2) is 6.25. The van der Waals surface area contributed by atoms with Crippen LogP contribution in [0.1, 0.15) is 17.7 Å². The zero-order chi connectivity index (χ0) is 16.4. The third kappa shape index (κ3) is 3.42. The van der Waals surface area contributed by atoms with Crippen LogP contribution in [0.2, 0.25) is 5.02 Å². The lowest BCUT2D eigenvalue weighted by Gasteiger charge is -2.23. The number of rotatable bonds is 3. The van der Waals surface area contributed by atoms with E-state index < -0.39 is 11.0 Å². The van der Waals surface area contributed by atoms with Gasteiger partial charge in [0, 0.05) is 23.9 Å². The summed E-state index contributed by atoms with van der Waals surface area (Å²) in [5.74, 6) is 0. The summed E-state index contributed by atoms with van der Waals surface area (Å²) in [6.07, 6.45) is 4.07. The fourth-order valence-electron chi connectivity index (χ4n) is 2.61. The molecule has 3 rings (SSSR count). The van der Waals surface area contributed by atoms with Crippen molar-refractivity contribution in [1.29, 1.82) is 0 Å². The van der Waals surface area contributed by atoms with Gasteiger partial charge in [-0.15, -0.1) is 0 Å². The van der Waals surface area contributed by atoms with Crippen LogP contribution in [0.25, 0.3) is 0 Å². The number of benzene rings is 1. The summed E-state index contributed by atoms with van der Waals surface area (Å²) in [5.41, 5.74) is 2.27. The smallest absolute Gasteiger partial charge is 0.319 e. The van der Waals surface area contributed by atoms with E-state index in [1.54, 1.807) is 6.20 Å². The molecule has 0 spiro atoms. The Morgan fingerprint density at radius 2 is 2.30 bits per heavy atom. The average molecular weight is 336 g/mol. The zero-order valence-electron chi connectivity index (χ0n) is 12.0. The van der Waals surface area contributed by atoms with Gasteiger partial charge in [0.2, 0.25) is 0 Å². The van der Waals surface area contributed by atoms with Gasteiger partial charge in [-0.3, -0.25) is 15.2 Å². The van der Waals surface area contributed by atoms with Crippen molar-refractivity contribution < 1.29 is 9.72 Å². The molecule has 8 nitrogen and oxygen atoms in total. The lowest BCUT2D eigenvalue weighted by atomic mass is 9.94. The van der Waals surface area contributed by atoms with Crippen molar-refractivity contribution in [2.45, 2.75) is 25.3 Å². The highest BCUT2D eigenvalue weighted by molar-refractivity contribution is 6.33. The molecule has 1 heterocycles. The van der Waals surface area contributed by atoms with Crippen LogP contribution >= 0.6 is 11.6 Å². The Hall–Kier alpha value is -2.61. The molecule has 0 saturated carbocycles. The molecule has 1 aromatic heterocycles. The number of aromatic amines is 1. The molecule has 1 atom stereocenters. The second-order valence-electron chi connectivity index (χ2n) is 5.33. The summed E-state index contributed by atoms with van der Waals surface area (Å²) in [4.78, 5) is 22.3. The van der Waals surface area contributed by atoms with Crippen molar-refractivity contribution in [3.8, 4) is 0 Å². The van der Waals surface area contributed by atoms with Gasteiger partial charge in [-0.2, -0.15) is 5.10 Å². The molecule has 0 fully saturated rings. The molecule has 1 aromatic carbocycles. The van der Waals surface area contributed by atoms with Crippen molar-refractivity contribution in [3.05, 3.63) is 50.8 Å². The van der Waals surface area contributed by atoms with E-state index >= 15 is 0 Å². The predicted octanol–water partition coefficient (Wildman–Crippen LogP) is 2.65. The summed E-state index contributed by atoms with van der Waals surface area (Å²) >= 11 is 5.96. The van der Waals surface area contributed by atoms with Crippen molar-refractivity contribution in [1.82, 2.24) is 15.5 Å². The molecule has 0 saturated heterocycles. The fourth-order valence-corrected chi connectivity index (χ4v) is 2.77. The molecule has 1 aliphatic rings. The number of carbonyl (C=O) groups is 1. The van der Waals surface area contributed by atoms with Gasteiger partial charge in [-0.05, 0) is 30.9 Å². The van der Waals surface area contributed by atoms with Crippen LogP contribution in [0.4, 0.5) is 16.2 Å². The first-order valence-electron chi connectivity index (χ1n) is 7.05. The van der Waals surface area contributed by atoms with E-state index in [4.69, 9.17) is 11.6 Å². The van der Waals surface area contributed by atoms with Crippen LogP contribution in [0.5, 0.6) is 0 Å². The first kappa shape index (κ1) is 15.3. The number of urea groups is 1. The minimum absolute atomic E-state index is 0.0161. The van der Waals surface area contributed by atoms with Gasteiger partial charge in [-0.1, -0.05) is 11.6 Å². The van der Waals surface area contributed by atoms with Gasteiger partial charge in [-0.25, -0.2) is 4.79 Å². The van der Waals surface area contributed by atoms with Crippen molar-refractivity contribution >= 4 is 29.0 Å². The van der Waals surface area contributed by atoms with Crippen LogP contribution in [0.3, 0.4) is 0 Å². The highest BCUT2D eigenvalue weighted by atomic mass is 35.5. The van der Waals surface area contributed by atoms with Gasteiger partial charge in [0.1, 0.15) is 0 Å². The Morgan fingerprint density at radius 3 is 3.09 bits per heavy atom. The Balaban J connectivity index is 1.64. The zero-order valence-corrected chi connectivity index (χ0v) is 12.8. The van der Waals surface area contributed by atoms with Crippen molar-refractivity contribution in [2.75, 3.05) is 5.32 Å². The molecular formula is C14H14ClN5O3. The minimum Gasteiger partial charge on any atom is -0.335 e. The van der Waals surface area contributed by atoms with Gasteiger partial charge < -0.3 is 10.6 Å². The summed E-state index contributed by atoms with van der Waals surface area (Å²) in [5, 5.41) is 23.4. The number of hydrogen-bond donors (Lipinski definition) is 3. The Labute approximate surface area is 136 Å². The standard InChI is InChI=1S/C14H14ClN5O3/c15-11-3-2-10(20(22)23)6-13(11)18-14(21)17-9-1-4-12-8(5-9)7-16-19-12/h2-3,6-7,9H,1,4-5H2,(H,16,19)(H2,17,18,21)/t9-/m1/s1. The van der Waals surface area contributed by atoms with E-state index in [1.807, 2.05) is 0 Å². The third-order valence-electron chi connectivity index (χ3n) is 3.76. The first-order valence-corrected chi connectivity index (χ1v) is 7.43. The van der Waals surface area contributed by atoms with E-state index in [-0.39, 0.29) is 22.4 Å². The normalized spacial score (nSPS) is 16.5. The molecule has 1 aliphatic carbocycles. The molecule has 0 radical (unpaired) electrons. The van der Waals surface area contributed by atoms with Crippen molar-refractivity contribution in [3.63, 3.8) is 0 Å². The second-order valence-corrected chi connectivity index (χ2v) is 5.74. The Bertz CT molecular complexity index is 761. The summed E-state index contributed by atoms with van der Waals surface area (Å²) < 4.78 is 0. The Morgan fingerprint density at radius 1 is 1.48 bits per heavy atom. The van der Waals surface area contributed by atoms with E-state index in [2.05, 4.69) is 20.8 Å². The molecule has 9 heteroatoms. The molecule has 23 heavy (non-hydrogen) atoms. The molecule has 2 amide bonds. The molecule has 0 bridgehead atoms. The number of nitrogens with zero attached hydrogens (tertiary/aromatic N) is 2. The molecule has 120 valence electrons. The number of amides is 2. The number of aryl methyl sites for hydroxylation is 1. The first-order chi connectivity index (χ1) is 11.0. The molecule has 0 unspecified atom stereocenters. The van der Waals surface area contributed by atoms with E-state index in [0.29, 0.717) is 6.42 Å². The summed E-state index contributed by atoms with van der Waals surface area (Å²) in [6, 6.07) is 3.44. The molecule has 2 aromatic rings. The lowest BCUT2D eigenvalue weighted by molar-refractivity contribution is -0.384. The quantitative estimate of drug-likeness (QED) is 0.591. The van der Waals surface area contributed by atoms with Crippen LogP contribution in [-0.2, 0) is 12.8 Å². The maximum atomic E-state index is 12.1. The van der Waals surface area contributed by atoms with Crippen LogP contribution in [0, 0.1) is 10.1 Å². The molecule has 0 aliphatic heterocycles. The number of fused-ring (bicyclic) bond motifs is 1. The maximum Gasteiger partial charge on any atom is 0.319 e. The fraction of sp³-hybridized carbons (Fsp3) is 0.286. The van der Waals surface area contributed by atoms with Crippen LogP contribution < -0.4 is 10.6 Å². The van der Waals surface area contributed by atoms with Gasteiger partial charge in [0.15, 0.2) is 0 Å². The number of nitrogens with one attached hydrogen (secondary N) is 3. The number of carbonyl (C=O) groups excluding carboxylic acids is 1. The monoisotopic (exact) mass is 335 g/mol. The van der Waals surface area contributed by atoms with Gasteiger partial charge in [0.25, 0.3) is 5.69 Å². The number of H-pyrrole nitrogens is 1. The average Bonchev–Trinajstić information content (AvgIpc) is 2.96. The van der Waals surface area contributed by atoms with Gasteiger partial charge >= 0.3 is 6.03 Å².